The van der Waals surface area contributed by atoms with Crippen LogP contribution in [0.1, 0.15) is 31.4 Å². The zero-order valence-corrected chi connectivity index (χ0v) is 10.9. The SMILES string of the molecule is CC(C)NCCCOCc1ccc(F)c(C#N)c1. The molecule has 0 saturated heterocycles. The highest BCUT2D eigenvalue weighted by molar-refractivity contribution is 5.34. The molecule has 0 unspecified atom stereocenters. The fourth-order valence-corrected chi connectivity index (χ4v) is 1.50. The molecule has 3 nitrogen and oxygen atoms in total. The van der Waals surface area contributed by atoms with Crippen molar-refractivity contribution in [2.75, 3.05) is 13.2 Å². The summed E-state index contributed by atoms with van der Waals surface area (Å²) in [6.07, 6.45) is 0.935. The van der Waals surface area contributed by atoms with Crippen molar-refractivity contribution in [1.29, 1.82) is 5.26 Å². The van der Waals surface area contributed by atoms with E-state index in [1.807, 2.05) is 6.07 Å². The number of ether oxygens (including phenoxy) is 1. The van der Waals surface area contributed by atoms with Crippen molar-refractivity contribution in [3.05, 3.63) is 35.1 Å². The van der Waals surface area contributed by atoms with Gasteiger partial charge in [0.1, 0.15) is 11.9 Å². The minimum absolute atomic E-state index is 0.0672. The Morgan fingerprint density at radius 3 is 2.89 bits per heavy atom. The van der Waals surface area contributed by atoms with Gasteiger partial charge in [-0.3, -0.25) is 0 Å². The third kappa shape index (κ3) is 5.26. The van der Waals surface area contributed by atoms with Crippen LogP contribution in [0.2, 0.25) is 0 Å². The molecule has 0 saturated carbocycles. The fourth-order valence-electron chi connectivity index (χ4n) is 1.50. The van der Waals surface area contributed by atoms with Crippen molar-refractivity contribution in [2.45, 2.75) is 32.9 Å². The maximum atomic E-state index is 13.1. The molecule has 0 atom stereocenters. The molecule has 1 N–H and O–H groups in total. The second-order valence-corrected chi connectivity index (χ2v) is 4.44. The van der Waals surface area contributed by atoms with E-state index in [0.29, 0.717) is 19.3 Å². The van der Waals surface area contributed by atoms with Gasteiger partial charge in [-0.1, -0.05) is 19.9 Å². The van der Waals surface area contributed by atoms with Crippen molar-refractivity contribution < 1.29 is 9.13 Å². The topological polar surface area (TPSA) is 45.0 Å². The van der Waals surface area contributed by atoms with E-state index >= 15 is 0 Å². The molecule has 0 fully saturated rings. The molecule has 0 aliphatic carbocycles. The van der Waals surface area contributed by atoms with Crippen LogP contribution in [0.25, 0.3) is 0 Å². The summed E-state index contributed by atoms with van der Waals surface area (Å²) in [6.45, 7) is 6.19. The minimum atomic E-state index is -0.484. The number of rotatable bonds is 7. The number of halogens is 1. The van der Waals surface area contributed by atoms with Gasteiger partial charge in [0, 0.05) is 12.6 Å². The summed E-state index contributed by atoms with van der Waals surface area (Å²) >= 11 is 0. The van der Waals surface area contributed by atoms with E-state index in [2.05, 4.69) is 19.2 Å². The third-order valence-corrected chi connectivity index (χ3v) is 2.44. The van der Waals surface area contributed by atoms with Gasteiger partial charge in [0.25, 0.3) is 0 Å². The van der Waals surface area contributed by atoms with Crippen molar-refractivity contribution in [1.82, 2.24) is 5.32 Å². The second-order valence-electron chi connectivity index (χ2n) is 4.44. The fraction of sp³-hybridized carbons (Fsp3) is 0.500. The van der Waals surface area contributed by atoms with Gasteiger partial charge < -0.3 is 10.1 Å². The normalized spacial score (nSPS) is 10.6. The molecule has 4 heteroatoms. The maximum absolute atomic E-state index is 13.1. The van der Waals surface area contributed by atoms with E-state index in [-0.39, 0.29) is 5.56 Å². The summed E-state index contributed by atoms with van der Waals surface area (Å²) in [4.78, 5) is 0. The van der Waals surface area contributed by atoms with Crippen LogP contribution in [0.15, 0.2) is 18.2 Å². The van der Waals surface area contributed by atoms with Crippen LogP contribution < -0.4 is 5.32 Å². The molecule has 0 spiro atoms. The van der Waals surface area contributed by atoms with Crippen molar-refractivity contribution >= 4 is 0 Å². The first-order chi connectivity index (χ1) is 8.63. The van der Waals surface area contributed by atoms with E-state index in [1.54, 1.807) is 6.07 Å². The Morgan fingerprint density at radius 2 is 2.22 bits per heavy atom. The van der Waals surface area contributed by atoms with Crippen LogP contribution in [0.5, 0.6) is 0 Å². The lowest BCUT2D eigenvalue weighted by atomic mass is 10.1. The van der Waals surface area contributed by atoms with Gasteiger partial charge in [-0.2, -0.15) is 5.26 Å². The van der Waals surface area contributed by atoms with Crippen molar-refractivity contribution in [3.8, 4) is 6.07 Å². The van der Waals surface area contributed by atoms with Crippen LogP contribution >= 0.6 is 0 Å². The summed E-state index contributed by atoms with van der Waals surface area (Å²) in [5, 5.41) is 12.0. The molecule has 18 heavy (non-hydrogen) atoms. The molecular weight excluding hydrogens is 231 g/mol. The largest absolute Gasteiger partial charge is 0.377 e. The zero-order chi connectivity index (χ0) is 13.4. The highest BCUT2D eigenvalue weighted by Crippen LogP contribution is 2.10. The summed E-state index contributed by atoms with van der Waals surface area (Å²) in [5.41, 5.74) is 0.891. The monoisotopic (exact) mass is 250 g/mol. The molecule has 0 radical (unpaired) electrons. The Hall–Kier alpha value is -1.44. The Labute approximate surface area is 108 Å². The molecule has 0 aliphatic heterocycles. The first-order valence-corrected chi connectivity index (χ1v) is 6.13. The van der Waals surface area contributed by atoms with Gasteiger partial charge in [-0.25, -0.2) is 4.39 Å². The van der Waals surface area contributed by atoms with Gasteiger partial charge in [0.05, 0.1) is 12.2 Å². The zero-order valence-electron chi connectivity index (χ0n) is 10.9. The van der Waals surface area contributed by atoms with E-state index in [4.69, 9.17) is 10.00 Å². The van der Waals surface area contributed by atoms with E-state index in [1.165, 1.54) is 12.1 Å². The molecular formula is C14H19FN2O. The summed E-state index contributed by atoms with van der Waals surface area (Å²) in [5.74, 6) is -0.484. The smallest absolute Gasteiger partial charge is 0.140 e. The summed E-state index contributed by atoms with van der Waals surface area (Å²) in [7, 11) is 0. The lowest BCUT2D eigenvalue weighted by Gasteiger charge is -2.08. The van der Waals surface area contributed by atoms with Crippen LogP contribution in [0.4, 0.5) is 4.39 Å². The Morgan fingerprint density at radius 1 is 1.44 bits per heavy atom. The molecule has 1 rings (SSSR count). The average molecular weight is 250 g/mol. The second kappa shape index (κ2) is 7.80. The standard InChI is InChI=1S/C14H19FN2O/c1-11(2)17-6-3-7-18-10-12-4-5-14(15)13(8-12)9-16/h4-5,8,11,17H,3,6-7,10H2,1-2H3. The molecule has 1 aromatic carbocycles. The van der Waals surface area contributed by atoms with E-state index in [9.17, 15) is 4.39 Å². The lowest BCUT2D eigenvalue weighted by Crippen LogP contribution is -2.24. The summed E-state index contributed by atoms with van der Waals surface area (Å²) in [6, 6.07) is 6.78. The van der Waals surface area contributed by atoms with E-state index < -0.39 is 5.82 Å². The number of nitrogens with one attached hydrogen (secondary N) is 1. The number of hydrogen-bond acceptors (Lipinski definition) is 3. The first-order valence-electron chi connectivity index (χ1n) is 6.13. The Balaban J connectivity index is 2.26. The molecule has 0 amide bonds. The molecule has 0 heterocycles. The number of nitrogens with zero attached hydrogens (tertiary/aromatic N) is 1. The molecule has 0 aliphatic rings. The van der Waals surface area contributed by atoms with Crippen LogP contribution in [-0.2, 0) is 11.3 Å². The lowest BCUT2D eigenvalue weighted by molar-refractivity contribution is 0.118. The minimum Gasteiger partial charge on any atom is -0.377 e. The third-order valence-electron chi connectivity index (χ3n) is 2.44. The van der Waals surface area contributed by atoms with Crippen LogP contribution in [0.3, 0.4) is 0 Å². The highest BCUT2D eigenvalue weighted by atomic mass is 19.1. The number of nitriles is 1. The van der Waals surface area contributed by atoms with Crippen LogP contribution in [0, 0.1) is 17.1 Å². The molecule has 0 bridgehead atoms. The van der Waals surface area contributed by atoms with Gasteiger partial charge in [-0.05, 0) is 30.7 Å². The van der Waals surface area contributed by atoms with E-state index in [0.717, 1.165) is 18.5 Å². The quantitative estimate of drug-likeness (QED) is 0.756. The van der Waals surface area contributed by atoms with Gasteiger partial charge in [0.2, 0.25) is 0 Å². The van der Waals surface area contributed by atoms with Gasteiger partial charge in [-0.15, -0.1) is 0 Å². The molecule has 1 aromatic rings. The molecule has 0 aromatic heterocycles. The van der Waals surface area contributed by atoms with Gasteiger partial charge in [0.15, 0.2) is 0 Å². The van der Waals surface area contributed by atoms with Crippen LogP contribution in [-0.4, -0.2) is 19.2 Å². The number of hydrogen-bond donors (Lipinski definition) is 1. The Kier molecular flexibility index (Phi) is 6.34. The number of benzene rings is 1. The highest BCUT2D eigenvalue weighted by Gasteiger charge is 2.02. The predicted molar refractivity (Wildman–Crippen MR) is 68.5 cm³/mol. The van der Waals surface area contributed by atoms with Crippen molar-refractivity contribution in [3.63, 3.8) is 0 Å². The average Bonchev–Trinajstić information content (AvgIpc) is 2.35. The van der Waals surface area contributed by atoms with Crippen molar-refractivity contribution in [2.24, 2.45) is 0 Å². The predicted octanol–water partition coefficient (Wildman–Crippen LogP) is 2.60. The summed E-state index contributed by atoms with van der Waals surface area (Å²) < 4.78 is 18.5. The maximum Gasteiger partial charge on any atom is 0.140 e. The van der Waals surface area contributed by atoms with Gasteiger partial charge >= 0.3 is 0 Å². The Bertz CT molecular complexity index is 413. The molecule has 98 valence electrons. The first kappa shape index (κ1) is 14.6.